The second-order valence-corrected chi connectivity index (χ2v) is 7.18. The maximum absolute atomic E-state index is 12.7. The van der Waals surface area contributed by atoms with Crippen molar-refractivity contribution in [3.63, 3.8) is 0 Å². The van der Waals surface area contributed by atoms with Gasteiger partial charge in [0, 0.05) is 29.8 Å². The molecule has 8 heteroatoms. The molecule has 3 rings (SSSR count). The number of hydrogen-bond acceptors (Lipinski definition) is 5. The molecule has 0 N–H and O–H groups in total. The molecule has 0 atom stereocenters. The summed E-state index contributed by atoms with van der Waals surface area (Å²) in [6.07, 6.45) is 6.05. The Bertz CT molecular complexity index is 939. The van der Waals surface area contributed by atoms with Crippen molar-refractivity contribution in [1.82, 2.24) is 19.5 Å². The van der Waals surface area contributed by atoms with Crippen molar-refractivity contribution in [1.29, 1.82) is 0 Å². The average Bonchev–Trinajstić information content (AvgIpc) is 3.01. The predicted molar refractivity (Wildman–Crippen MR) is 86.2 cm³/mol. The maximum atomic E-state index is 12.7. The zero-order valence-electron chi connectivity index (χ0n) is 12.2. The molecule has 118 valence electrons. The molecular weight excluding hydrogens is 336 g/mol. The van der Waals surface area contributed by atoms with Crippen LogP contribution in [-0.2, 0) is 15.6 Å². The molecule has 0 aliphatic carbocycles. The number of benzene rings is 1. The van der Waals surface area contributed by atoms with E-state index in [9.17, 15) is 8.42 Å². The standard InChI is InChI=1S/C15H13ClN4O2S/c1-11-12(16)4-2-5-13(11)20-9-8-19-15(20)23(21,22)10-14-17-6-3-7-18-14/h2-9H,10H2,1H3. The zero-order chi connectivity index (χ0) is 16.4. The lowest BCUT2D eigenvalue weighted by Gasteiger charge is -2.11. The Labute approximate surface area is 138 Å². The first kappa shape index (κ1) is 15.6. The van der Waals surface area contributed by atoms with E-state index >= 15 is 0 Å². The van der Waals surface area contributed by atoms with E-state index in [4.69, 9.17) is 11.6 Å². The summed E-state index contributed by atoms with van der Waals surface area (Å²) in [7, 11) is -3.69. The minimum atomic E-state index is -3.69. The summed E-state index contributed by atoms with van der Waals surface area (Å²) in [5.74, 6) is -0.0883. The topological polar surface area (TPSA) is 77.7 Å². The monoisotopic (exact) mass is 348 g/mol. The van der Waals surface area contributed by atoms with Gasteiger partial charge in [0.2, 0.25) is 15.0 Å². The largest absolute Gasteiger partial charge is 0.290 e. The molecule has 0 saturated heterocycles. The van der Waals surface area contributed by atoms with Crippen LogP contribution < -0.4 is 0 Å². The second kappa shape index (κ2) is 6.10. The van der Waals surface area contributed by atoms with Crippen LogP contribution >= 0.6 is 11.6 Å². The Kier molecular flexibility index (Phi) is 4.14. The Hall–Kier alpha value is -2.25. The highest BCUT2D eigenvalue weighted by atomic mass is 35.5. The van der Waals surface area contributed by atoms with E-state index in [1.54, 1.807) is 30.5 Å². The van der Waals surface area contributed by atoms with Crippen molar-refractivity contribution in [3.8, 4) is 5.69 Å². The third-order valence-electron chi connectivity index (χ3n) is 3.32. The highest BCUT2D eigenvalue weighted by Gasteiger charge is 2.24. The SMILES string of the molecule is Cc1c(Cl)cccc1-n1ccnc1S(=O)(=O)Cc1ncccn1. The van der Waals surface area contributed by atoms with Gasteiger partial charge in [-0.05, 0) is 30.7 Å². The number of hydrogen-bond donors (Lipinski definition) is 0. The summed E-state index contributed by atoms with van der Waals surface area (Å²) in [4.78, 5) is 11.9. The molecule has 0 spiro atoms. The van der Waals surface area contributed by atoms with Gasteiger partial charge in [0.1, 0.15) is 11.6 Å². The third kappa shape index (κ3) is 3.11. The molecule has 3 aromatic rings. The number of nitrogens with zero attached hydrogens (tertiary/aromatic N) is 4. The van der Waals surface area contributed by atoms with Crippen LogP contribution in [0, 0.1) is 6.92 Å². The number of halogens is 1. The molecule has 6 nitrogen and oxygen atoms in total. The number of sulfone groups is 1. The molecule has 23 heavy (non-hydrogen) atoms. The minimum absolute atomic E-state index is 0.0599. The first-order chi connectivity index (χ1) is 11.0. The number of rotatable bonds is 4. The van der Waals surface area contributed by atoms with Gasteiger partial charge >= 0.3 is 0 Å². The summed E-state index contributed by atoms with van der Waals surface area (Å²) < 4.78 is 26.8. The third-order valence-corrected chi connectivity index (χ3v) is 5.23. The van der Waals surface area contributed by atoms with Gasteiger partial charge in [-0.2, -0.15) is 0 Å². The fourth-order valence-corrected chi connectivity index (χ4v) is 3.67. The summed E-state index contributed by atoms with van der Waals surface area (Å²) in [6, 6.07) is 6.94. The molecule has 0 radical (unpaired) electrons. The summed E-state index contributed by atoms with van der Waals surface area (Å²) in [6.45, 7) is 1.83. The van der Waals surface area contributed by atoms with Gasteiger partial charge < -0.3 is 0 Å². The number of aromatic nitrogens is 4. The molecule has 2 aromatic heterocycles. The van der Waals surface area contributed by atoms with Gasteiger partial charge in [-0.15, -0.1) is 0 Å². The fourth-order valence-electron chi connectivity index (χ4n) is 2.20. The van der Waals surface area contributed by atoms with Crippen LogP contribution in [0.4, 0.5) is 0 Å². The first-order valence-corrected chi connectivity index (χ1v) is 8.79. The van der Waals surface area contributed by atoms with Gasteiger partial charge in [0.15, 0.2) is 0 Å². The van der Waals surface area contributed by atoms with Crippen LogP contribution in [-0.4, -0.2) is 27.9 Å². The second-order valence-electron chi connectivity index (χ2n) is 4.89. The highest BCUT2D eigenvalue weighted by molar-refractivity contribution is 7.90. The van der Waals surface area contributed by atoms with Gasteiger partial charge in [-0.3, -0.25) is 4.57 Å². The predicted octanol–water partition coefficient (Wildman–Crippen LogP) is 2.60. The summed E-state index contributed by atoms with van der Waals surface area (Å²) in [5, 5.41) is 0.501. The molecule has 2 heterocycles. The quantitative estimate of drug-likeness (QED) is 0.724. The van der Waals surface area contributed by atoms with Crippen molar-refractivity contribution in [2.24, 2.45) is 0 Å². The normalized spacial score (nSPS) is 11.6. The lowest BCUT2D eigenvalue weighted by Crippen LogP contribution is -2.14. The van der Waals surface area contributed by atoms with Gasteiger partial charge in [0.05, 0.1) is 5.69 Å². The highest BCUT2D eigenvalue weighted by Crippen LogP contribution is 2.25. The Balaban J connectivity index is 2.05. The molecule has 0 aliphatic heterocycles. The molecule has 0 unspecified atom stereocenters. The molecule has 0 bridgehead atoms. The Morgan fingerprint density at radius 2 is 1.83 bits per heavy atom. The molecule has 0 fully saturated rings. The first-order valence-electron chi connectivity index (χ1n) is 6.76. The lowest BCUT2D eigenvalue weighted by molar-refractivity contribution is 0.581. The molecule has 0 saturated carbocycles. The van der Waals surface area contributed by atoms with E-state index in [1.165, 1.54) is 23.2 Å². The number of imidazole rings is 1. The van der Waals surface area contributed by atoms with Crippen LogP contribution in [0.5, 0.6) is 0 Å². The van der Waals surface area contributed by atoms with Gasteiger partial charge in [-0.25, -0.2) is 23.4 Å². The van der Waals surface area contributed by atoms with Gasteiger partial charge in [0.25, 0.3) is 0 Å². The zero-order valence-corrected chi connectivity index (χ0v) is 13.8. The van der Waals surface area contributed by atoms with E-state index in [0.717, 1.165) is 5.56 Å². The van der Waals surface area contributed by atoms with E-state index in [1.807, 2.05) is 6.92 Å². The van der Waals surface area contributed by atoms with Crippen LogP contribution in [0.2, 0.25) is 5.02 Å². The van der Waals surface area contributed by atoms with Crippen molar-refractivity contribution in [3.05, 3.63) is 65.5 Å². The molecule has 1 aromatic carbocycles. The molecule has 0 amide bonds. The smallest absolute Gasteiger partial charge is 0.232 e. The lowest BCUT2D eigenvalue weighted by atomic mass is 10.2. The van der Waals surface area contributed by atoms with E-state index < -0.39 is 9.84 Å². The van der Waals surface area contributed by atoms with E-state index in [-0.39, 0.29) is 16.7 Å². The Morgan fingerprint density at radius 3 is 2.57 bits per heavy atom. The van der Waals surface area contributed by atoms with Crippen LogP contribution in [0.1, 0.15) is 11.4 Å². The summed E-state index contributed by atoms with van der Waals surface area (Å²) >= 11 is 6.12. The summed E-state index contributed by atoms with van der Waals surface area (Å²) in [5.41, 5.74) is 1.45. The molecular formula is C15H13ClN4O2S. The van der Waals surface area contributed by atoms with Crippen molar-refractivity contribution in [2.45, 2.75) is 17.8 Å². The maximum Gasteiger partial charge on any atom is 0.232 e. The van der Waals surface area contributed by atoms with Crippen molar-refractivity contribution in [2.75, 3.05) is 0 Å². The van der Waals surface area contributed by atoms with Crippen LogP contribution in [0.3, 0.4) is 0 Å². The average molecular weight is 349 g/mol. The van der Waals surface area contributed by atoms with Crippen LogP contribution in [0.15, 0.2) is 54.2 Å². The molecule has 0 aliphatic rings. The van der Waals surface area contributed by atoms with Gasteiger partial charge in [-0.1, -0.05) is 17.7 Å². The fraction of sp³-hybridized carbons (Fsp3) is 0.133. The van der Waals surface area contributed by atoms with E-state index in [2.05, 4.69) is 15.0 Å². The van der Waals surface area contributed by atoms with Crippen molar-refractivity contribution >= 4 is 21.4 Å². The van der Waals surface area contributed by atoms with Crippen LogP contribution in [0.25, 0.3) is 5.69 Å². The minimum Gasteiger partial charge on any atom is -0.290 e. The van der Waals surface area contributed by atoms with E-state index in [0.29, 0.717) is 10.7 Å². The Morgan fingerprint density at radius 1 is 1.09 bits per heavy atom. The van der Waals surface area contributed by atoms with Crippen molar-refractivity contribution < 1.29 is 8.42 Å².